The van der Waals surface area contributed by atoms with E-state index in [1.807, 2.05) is 4.90 Å². The first-order valence-electron chi connectivity index (χ1n) is 11.5. The van der Waals surface area contributed by atoms with Gasteiger partial charge in [-0.3, -0.25) is 9.59 Å². The first kappa shape index (κ1) is 21.5. The molecule has 4 nitrogen and oxygen atoms in total. The molecule has 1 heterocycles. The molecule has 2 aromatic carbocycles. The van der Waals surface area contributed by atoms with Gasteiger partial charge in [0, 0.05) is 13.1 Å². The van der Waals surface area contributed by atoms with E-state index in [2.05, 4.69) is 35.6 Å². The van der Waals surface area contributed by atoms with Gasteiger partial charge in [0.1, 0.15) is 5.82 Å². The molecule has 1 unspecified atom stereocenters. The molecule has 1 saturated heterocycles. The molecule has 2 aliphatic rings. The zero-order valence-corrected chi connectivity index (χ0v) is 17.9. The molecule has 31 heavy (non-hydrogen) atoms. The monoisotopic (exact) mass is 422 g/mol. The van der Waals surface area contributed by atoms with Gasteiger partial charge in [-0.2, -0.15) is 0 Å². The highest BCUT2D eigenvalue weighted by Gasteiger charge is 2.30. The van der Waals surface area contributed by atoms with E-state index in [4.69, 9.17) is 0 Å². The highest BCUT2D eigenvalue weighted by molar-refractivity contribution is 5.96. The predicted octanol–water partition coefficient (Wildman–Crippen LogP) is 4.77. The number of carbonyl (C=O) groups is 2. The van der Waals surface area contributed by atoms with E-state index in [0.29, 0.717) is 11.8 Å². The van der Waals surface area contributed by atoms with Gasteiger partial charge in [0.05, 0.1) is 12.1 Å². The fourth-order valence-corrected chi connectivity index (χ4v) is 5.19. The van der Waals surface area contributed by atoms with Gasteiger partial charge in [-0.25, -0.2) is 4.39 Å². The molecule has 0 radical (unpaired) electrons. The number of rotatable bonds is 6. The van der Waals surface area contributed by atoms with E-state index in [9.17, 15) is 14.0 Å². The molecule has 2 fully saturated rings. The van der Waals surface area contributed by atoms with E-state index in [1.165, 1.54) is 55.9 Å². The molecule has 0 aromatic heterocycles. The van der Waals surface area contributed by atoms with Crippen LogP contribution >= 0.6 is 0 Å². The van der Waals surface area contributed by atoms with Gasteiger partial charge < -0.3 is 10.2 Å². The fourth-order valence-electron chi connectivity index (χ4n) is 5.19. The Morgan fingerprint density at radius 1 is 0.903 bits per heavy atom. The highest BCUT2D eigenvalue weighted by atomic mass is 19.1. The number of amides is 2. The van der Waals surface area contributed by atoms with Crippen LogP contribution in [0.2, 0.25) is 0 Å². The molecule has 4 rings (SSSR count). The number of likely N-dealkylation sites (tertiary alicyclic amines) is 1. The summed E-state index contributed by atoms with van der Waals surface area (Å²) in [5, 5.41) is 2.56. The van der Waals surface area contributed by atoms with Gasteiger partial charge in [0.2, 0.25) is 5.91 Å². The summed E-state index contributed by atoms with van der Waals surface area (Å²) in [6.07, 6.45) is 7.27. The van der Waals surface area contributed by atoms with E-state index in [0.717, 1.165) is 25.4 Å². The van der Waals surface area contributed by atoms with Crippen molar-refractivity contribution in [2.45, 2.75) is 44.4 Å². The molecule has 2 aromatic rings. The summed E-state index contributed by atoms with van der Waals surface area (Å²) < 4.78 is 13.7. The number of nitrogens with one attached hydrogen (secondary N) is 1. The molecule has 1 aliphatic heterocycles. The third-order valence-electron chi connectivity index (χ3n) is 6.94. The lowest BCUT2D eigenvalue weighted by molar-refractivity contribution is -0.129. The summed E-state index contributed by atoms with van der Waals surface area (Å²) in [7, 11) is 0. The van der Waals surface area contributed by atoms with Crippen LogP contribution in [0, 0.1) is 17.7 Å². The summed E-state index contributed by atoms with van der Waals surface area (Å²) in [4.78, 5) is 26.5. The first-order chi connectivity index (χ1) is 15.1. The molecule has 2 amide bonds. The van der Waals surface area contributed by atoms with Gasteiger partial charge in [-0.15, -0.1) is 0 Å². The van der Waals surface area contributed by atoms with Crippen LogP contribution < -0.4 is 5.32 Å². The molecule has 164 valence electrons. The highest BCUT2D eigenvalue weighted by Crippen LogP contribution is 2.39. The molecule has 1 aliphatic carbocycles. The molecular weight excluding hydrogens is 391 g/mol. The Morgan fingerprint density at radius 3 is 2.35 bits per heavy atom. The van der Waals surface area contributed by atoms with Crippen molar-refractivity contribution in [3.05, 3.63) is 71.5 Å². The summed E-state index contributed by atoms with van der Waals surface area (Å²) in [5.41, 5.74) is 1.44. The van der Waals surface area contributed by atoms with Crippen molar-refractivity contribution in [1.82, 2.24) is 10.2 Å². The lowest BCUT2D eigenvalue weighted by atomic mass is 9.75. The zero-order chi connectivity index (χ0) is 21.6. The van der Waals surface area contributed by atoms with E-state index in [1.54, 1.807) is 6.07 Å². The third-order valence-corrected chi connectivity index (χ3v) is 6.94. The lowest BCUT2D eigenvalue weighted by Crippen LogP contribution is -2.39. The second-order valence-corrected chi connectivity index (χ2v) is 9.02. The standard InChI is InChI=1S/C26H31FN2O2/c27-24-9-5-4-8-23(24)26(31)28-17-25(30)29-15-14-20(18-29)16-19-10-12-22(13-11-19)21-6-2-1-3-7-21/h1-9,19-20,22H,10-18H2,(H,28,31). The van der Waals surface area contributed by atoms with Gasteiger partial charge in [-0.05, 0) is 74.0 Å². The van der Waals surface area contributed by atoms with Gasteiger partial charge in [-0.1, -0.05) is 42.5 Å². The van der Waals surface area contributed by atoms with Crippen LogP contribution in [0.4, 0.5) is 4.39 Å². The Labute approximate surface area is 183 Å². The van der Waals surface area contributed by atoms with Gasteiger partial charge in [0.25, 0.3) is 5.91 Å². The first-order valence-corrected chi connectivity index (χ1v) is 11.5. The van der Waals surface area contributed by atoms with Crippen LogP contribution in [0.1, 0.15) is 60.4 Å². The van der Waals surface area contributed by atoms with Crippen molar-refractivity contribution in [2.75, 3.05) is 19.6 Å². The summed E-state index contributed by atoms with van der Waals surface area (Å²) in [5.74, 6) is 0.787. The second kappa shape index (κ2) is 10.1. The van der Waals surface area contributed by atoms with Crippen molar-refractivity contribution < 1.29 is 14.0 Å². The molecule has 1 N–H and O–H groups in total. The van der Waals surface area contributed by atoms with E-state index >= 15 is 0 Å². The average molecular weight is 423 g/mol. The molecule has 0 bridgehead atoms. The number of halogens is 1. The number of benzene rings is 2. The summed E-state index contributed by atoms with van der Waals surface area (Å²) >= 11 is 0. The lowest BCUT2D eigenvalue weighted by Gasteiger charge is -2.30. The second-order valence-electron chi connectivity index (χ2n) is 9.02. The maximum Gasteiger partial charge on any atom is 0.254 e. The molecule has 1 saturated carbocycles. The van der Waals surface area contributed by atoms with Crippen LogP contribution in [0.5, 0.6) is 0 Å². The van der Waals surface area contributed by atoms with Crippen LogP contribution in [-0.2, 0) is 4.79 Å². The minimum Gasteiger partial charge on any atom is -0.343 e. The van der Waals surface area contributed by atoms with Crippen molar-refractivity contribution in [3.8, 4) is 0 Å². The number of hydrogen-bond donors (Lipinski definition) is 1. The summed E-state index contributed by atoms with van der Waals surface area (Å²) in [6.45, 7) is 1.44. The topological polar surface area (TPSA) is 49.4 Å². The SMILES string of the molecule is O=C(NCC(=O)N1CCC(CC2CCC(c3ccccc3)CC2)C1)c1ccccc1F. The van der Waals surface area contributed by atoms with Crippen LogP contribution in [0.15, 0.2) is 54.6 Å². The van der Waals surface area contributed by atoms with E-state index in [-0.39, 0.29) is 18.0 Å². The maximum absolute atomic E-state index is 13.7. The molecule has 5 heteroatoms. The van der Waals surface area contributed by atoms with Crippen molar-refractivity contribution in [1.29, 1.82) is 0 Å². The van der Waals surface area contributed by atoms with Gasteiger partial charge >= 0.3 is 0 Å². The minimum atomic E-state index is -0.573. The Bertz CT molecular complexity index is 893. The maximum atomic E-state index is 13.7. The Hall–Kier alpha value is -2.69. The van der Waals surface area contributed by atoms with Crippen molar-refractivity contribution in [3.63, 3.8) is 0 Å². The average Bonchev–Trinajstić information content (AvgIpc) is 3.27. The largest absolute Gasteiger partial charge is 0.343 e. The minimum absolute atomic E-state index is 0.0271. The Morgan fingerprint density at radius 2 is 1.61 bits per heavy atom. The third kappa shape index (κ3) is 5.52. The predicted molar refractivity (Wildman–Crippen MR) is 119 cm³/mol. The van der Waals surface area contributed by atoms with Gasteiger partial charge in [0.15, 0.2) is 0 Å². The number of hydrogen-bond acceptors (Lipinski definition) is 2. The molecule has 0 spiro atoms. The smallest absolute Gasteiger partial charge is 0.254 e. The zero-order valence-electron chi connectivity index (χ0n) is 17.9. The van der Waals surface area contributed by atoms with Crippen molar-refractivity contribution >= 4 is 11.8 Å². The van der Waals surface area contributed by atoms with E-state index < -0.39 is 11.7 Å². The molecule has 1 atom stereocenters. The van der Waals surface area contributed by atoms with Crippen molar-refractivity contribution in [2.24, 2.45) is 11.8 Å². The number of carbonyl (C=O) groups excluding carboxylic acids is 2. The summed E-state index contributed by atoms with van der Waals surface area (Å²) in [6, 6.07) is 16.6. The Kier molecular flexibility index (Phi) is 7.00. The normalized spacial score (nSPS) is 23.5. The van der Waals surface area contributed by atoms with Crippen LogP contribution in [0.3, 0.4) is 0 Å². The Balaban J connectivity index is 1.19. The quantitative estimate of drug-likeness (QED) is 0.729. The molecular formula is C26H31FN2O2. The fraction of sp³-hybridized carbons (Fsp3) is 0.462. The van der Waals surface area contributed by atoms with Crippen LogP contribution in [-0.4, -0.2) is 36.3 Å². The number of nitrogens with zero attached hydrogens (tertiary/aromatic N) is 1. The van der Waals surface area contributed by atoms with Crippen LogP contribution in [0.25, 0.3) is 0 Å².